The number of piperazine rings is 1. The summed E-state index contributed by atoms with van der Waals surface area (Å²) >= 11 is 9.66. The summed E-state index contributed by atoms with van der Waals surface area (Å²) in [5, 5.41) is 6.00. The molecular weight excluding hydrogens is 422 g/mol. The summed E-state index contributed by atoms with van der Waals surface area (Å²) in [6, 6.07) is 12.5. The van der Waals surface area contributed by atoms with Crippen molar-refractivity contribution in [3.8, 4) is 5.75 Å². The van der Waals surface area contributed by atoms with E-state index in [0.717, 1.165) is 10.2 Å². The number of benzene rings is 2. The van der Waals surface area contributed by atoms with Crippen LogP contribution in [0.5, 0.6) is 5.75 Å². The molecule has 136 valence electrons. The summed E-state index contributed by atoms with van der Waals surface area (Å²) in [5.41, 5.74) is 1.34. The fourth-order valence-corrected chi connectivity index (χ4v) is 3.13. The molecule has 0 aromatic heterocycles. The van der Waals surface area contributed by atoms with Gasteiger partial charge >= 0.3 is 0 Å². The molecule has 2 aromatic carbocycles. The second-order valence-corrected chi connectivity index (χ2v) is 7.05. The van der Waals surface area contributed by atoms with Crippen molar-refractivity contribution in [2.24, 2.45) is 0 Å². The van der Waals surface area contributed by atoms with Crippen molar-refractivity contribution in [1.82, 2.24) is 5.32 Å². The number of hydrogen-bond acceptors (Lipinski definition) is 4. The lowest BCUT2D eigenvalue weighted by Crippen LogP contribution is -2.47. The lowest BCUT2D eigenvalue weighted by molar-refractivity contribution is -0.120. The minimum atomic E-state index is -0.283. The fraction of sp³-hybridized carbons (Fsp3) is 0.222. The van der Waals surface area contributed by atoms with E-state index in [0.29, 0.717) is 29.5 Å². The minimum Gasteiger partial charge on any atom is -0.484 e. The van der Waals surface area contributed by atoms with Gasteiger partial charge < -0.3 is 20.3 Å². The number of nitrogens with one attached hydrogen (secondary N) is 2. The van der Waals surface area contributed by atoms with E-state index in [4.69, 9.17) is 16.3 Å². The van der Waals surface area contributed by atoms with Gasteiger partial charge in [0.05, 0.1) is 17.3 Å². The van der Waals surface area contributed by atoms with Crippen LogP contribution in [0.4, 0.5) is 11.4 Å². The van der Waals surface area contributed by atoms with Gasteiger partial charge in [0, 0.05) is 23.2 Å². The standard InChI is InChI=1S/C18H17BrClN3O3/c19-12-1-4-14(5-2-12)26-11-18(25)22-13-3-6-16(15(20)9-13)23-8-7-21-17(24)10-23/h1-6,9H,7-8,10-11H2,(H,21,24)(H,22,25). The van der Waals surface area contributed by atoms with Crippen LogP contribution in [0.15, 0.2) is 46.9 Å². The van der Waals surface area contributed by atoms with Crippen molar-refractivity contribution >= 4 is 50.7 Å². The van der Waals surface area contributed by atoms with E-state index in [9.17, 15) is 9.59 Å². The molecule has 1 aliphatic heterocycles. The number of amides is 2. The van der Waals surface area contributed by atoms with E-state index in [1.165, 1.54) is 0 Å². The average Bonchev–Trinajstić information content (AvgIpc) is 2.61. The molecule has 1 fully saturated rings. The van der Waals surface area contributed by atoms with Crippen molar-refractivity contribution in [3.05, 3.63) is 52.0 Å². The summed E-state index contributed by atoms with van der Waals surface area (Å²) in [7, 11) is 0. The molecule has 0 radical (unpaired) electrons. The minimum absolute atomic E-state index is 0.0326. The van der Waals surface area contributed by atoms with Crippen molar-refractivity contribution in [2.75, 3.05) is 36.5 Å². The number of ether oxygens (including phenoxy) is 1. The van der Waals surface area contributed by atoms with Crippen LogP contribution in [0.1, 0.15) is 0 Å². The first-order chi connectivity index (χ1) is 12.5. The molecule has 0 spiro atoms. The largest absolute Gasteiger partial charge is 0.484 e. The summed E-state index contributed by atoms with van der Waals surface area (Å²) in [5.74, 6) is 0.295. The smallest absolute Gasteiger partial charge is 0.262 e. The zero-order chi connectivity index (χ0) is 18.5. The van der Waals surface area contributed by atoms with Gasteiger partial charge in [0.2, 0.25) is 5.91 Å². The maximum atomic E-state index is 12.0. The third-order valence-electron chi connectivity index (χ3n) is 3.79. The average molecular weight is 439 g/mol. The number of carbonyl (C=O) groups is 2. The molecule has 1 saturated heterocycles. The summed E-state index contributed by atoms with van der Waals surface area (Å²) < 4.78 is 6.38. The molecule has 2 aromatic rings. The van der Waals surface area contributed by atoms with Crippen LogP contribution in [0.3, 0.4) is 0 Å². The first-order valence-electron chi connectivity index (χ1n) is 8.01. The summed E-state index contributed by atoms with van der Waals surface area (Å²) in [6.07, 6.45) is 0. The first kappa shape index (κ1) is 18.5. The van der Waals surface area contributed by atoms with E-state index in [1.807, 2.05) is 17.0 Å². The maximum absolute atomic E-state index is 12.0. The second-order valence-electron chi connectivity index (χ2n) is 5.73. The van der Waals surface area contributed by atoms with Gasteiger partial charge in [-0.05, 0) is 42.5 Å². The zero-order valence-corrected chi connectivity index (χ0v) is 16.1. The van der Waals surface area contributed by atoms with Gasteiger partial charge in [0.15, 0.2) is 6.61 Å². The highest BCUT2D eigenvalue weighted by Gasteiger charge is 2.18. The Hall–Kier alpha value is -2.25. The molecule has 0 bridgehead atoms. The Morgan fingerprint density at radius 1 is 1.27 bits per heavy atom. The zero-order valence-electron chi connectivity index (χ0n) is 13.8. The lowest BCUT2D eigenvalue weighted by atomic mass is 10.2. The van der Waals surface area contributed by atoms with Crippen molar-refractivity contribution < 1.29 is 14.3 Å². The van der Waals surface area contributed by atoms with E-state index in [1.54, 1.807) is 30.3 Å². The Morgan fingerprint density at radius 3 is 2.73 bits per heavy atom. The van der Waals surface area contributed by atoms with Crippen LogP contribution < -0.4 is 20.3 Å². The van der Waals surface area contributed by atoms with E-state index >= 15 is 0 Å². The van der Waals surface area contributed by atoms with Crippen molar-refractivity contribution in [1.29, 1.82) is 0 Å². The van der Waals surface area contributed by atoms with E-state index < -0.39 is 0 Å². The molecule has 0 unspecified atom stereocenters. The van der Waals surface area contributed by atoms with Gasteiger partial charge in [0.1, 0.15) is 5.75 Å². The predicted molar refractivity (Wildman–Crippen MR) is 105 cm³/mol. The number of nitrogens with zero attached hydrogens (tertiary/aromatic N) is 1. The van der Waals surface area contributed by atoms with Crippen LogP contribution >= 0.6 is 27.5 Å². The molecule has 1 aliphatic rings. The van der Waals surface area contributed by atoms with Crippen LogP contribution in [-0.4, -0.2) is 38.1 Å². The third-order valence-corrected chi connectivity index (χ3v) is 4.63. The number of hydrogen-bond donors (Lipinski definition) is 2. The van der Waals surface area contributed by atoms with Crippen LogP contribution in [0.25, 0.3) is 0 Å². The summed E-state index contributed by atoms with van der Waals surface area (Å²) in [6.45, 7) is 1.44. The molecule has 2 amide bonds. The summed E-state index contributed by atoms with van der Waals surface area (Å²) in [4.78, 5) is 25.5. The topological polar surface area (TPSA) is 70.7 Å². The molecule has 0 atom stereocenters. The van der Waals surface area contributed by atoms with E-state index in [-0.39, 0.29) is 25.0 Å². The molecule has 8 heteroatoms. The van der Waals surface area contributed by atoms with Gasteiger partial charge in [-0.1, -0.05) is 27.5 Å². The highest BCUT2D eigenvalue weighted by molar-refractivity contribution is 9.10. The molecule has 1 heterocycles. The van der Waals surface area contributed by atoms with Gasteiger partial charge in [-0.2, -0.15) is 0 Å². The van der Waals surface area contributed by atoms with Crippen LogP contribution in [0.2, 0.25) is 5.02 Å². The Balaban J connectivity index is 1.57. The Morgan fingerprint density at radius 2 is 2.04 bits per heavy atom. The SMILES string of the molecule is O=C1CN(c2ccc(NC(=O)COc3ccc(Br)cc3)cc2Cl)CCN1. The van der Waals surface area contributed by atoms with Crippen LogP contribution in [0, 0.1) is 0 Å². The molecule has 26 heavy (non-hydrogen) atoms. The molecular formula is C18H17BrClN3O3. The van der Waals surface area contributed by atoms with Gasteiger partial charge in [-0.25, -0.2) is 0 Å². The molecule has 0 saturated carbocycles. The fourth-order valence-electron chi connectivity index (χ4n) is 2.56. The molecule has 3 rings (SSSR count). The Labute approximate surface area is 164 Å². The van der Waals surface area contributed by atoms with E-state index in [2.05, 4.69) is 26.6 Å². The molecule has 2 N–H and O–H groups in total. The van der Waals surface area contributed by atoms with Crippen molar-refractivity contribution in [3.63, 3.8) is 0 Å². The van der Waals surface area contributed by atoms with Gasteiger partial charge in [-0.3, -0.25) is 9.59 Å². The lowest BCUT2D eigenvalue weighted by Gasteiger charge is -2.29. The number of anilines is 2. The third kappa shape index (κ3) is 4.89. The Bertz CT molecular complexity index is 814. The predicted octanol–water partition coefficient (Wildman–Crippen LogP) is 3.06. The highest BCUT2D eigenvalue weighted by atomic mass is 79.9. The Kier molecular flexibility index (Phi) is 6.00. The number of halogens is 2. The maximum Gasteiger partial charge on any atom is 0.262 e. The molecule has 6 nitrogen and oxygen atoms in total. The van der Waals surface area contributed by atoms with Crippen molar-refractivity contribution in [2.45, 2.75) is 0 Å². The number of rotatable bonds is 5. The normalized spacial score (nSPS) is 13.9. The van der Waals surface area contributed by atoms with Gasteiger partial charge in [0.25, 0.3) is 5.91 Å². The van der Waals surface area contributed by atoms with Crippen LogP contribution in [-0.2, 0) is 9.59 Å². The second kappa shape index (κ2) is 8.42. The number of carbonyl (C=O) groups excluding carboxylic acids is 2. The van der Waals surface area contributed by atoms with Gasteiger partial charge in [-0.15, -0.1) is 0 Å². The molecule has 0 aliphatic carbocycles. The first-order valence-corrected chi connectivity index (χ1v) is 9.18. The monoisotopic (exact) mass is 437 g/mol. The quantitative estimate of drug-likeness (QED) is 0.753. The highest BCUT2D eigenvalue weighted by Crippen LogP contribution is 2.29.